The van der Waals surface area contributed by atoms with Gasteiger partial charge in [-0.3, -0.25) is 4.79 Å². The number of para-hydroxylation sites is 1. The summed E-state index contributed by atoms with van der Waals surface area (Å²) in [5.41, 5.74) is 1.66. The predicted octanol–water partition coefficient (Wildman–Crippen LogP) is 5.37. The first kappa shape index (κ1) is 18.4. The molecule has 4 aromatic rings. The number of carbonyl (C=O) groups excluding carboxylic acids is 1. The minimum Gasteiger partial charge on any atom is -0.372 e. The Morgan fingerprint density at radius 2 is 1.79 bits per heavy atom. The Bertz CT molecular complexity index is 1270. The van der Waals surface area contributed by atoms with Crippen LogP contribution in [-0.2, 0) is 16.9 Å². The third kappa shape index (κ3) is 2.73. The van der Waals surface area contributed by atoms with E-state index in [0.29, 0.717) is 21.8 Å². The standard InChI is InChI=1S/C23H16BrClN2O2/c24-15-9-10-21-17(11-15)23(29,18-12-26-20-8-4-2-6-16(18)20)22(28)27(21)13-14-5-1-3-7-19(14)25/h1-12,26,29H,13H2/t23-/m1/s1. The van der Waals surface area contributed by atoms with Gasteiger partial charge in [0.2, 0.25) is 0 Å². The summed E-state index contributed by atoms with van der Waals surface area (Å²) in [5, 5.41) is 13.2. The number of aliphatic hydroxyl groups is 1. The van der Waals surface area contributed by atoms with Crippen molar-refractivity contribution in [1.82, 2.24) is 4.98 Å². The van der Waals surface area contributed by atoms with Crippen molar-refractivity contribution in [3.8, 4) is 0 Å². The van der Waals surface area contributed by atoms with Crippen LogP contribution in [0.4, 0.5) is 5.69 Å². The molecule has 2 heterocycles. The average Bonchev–Trinajstić information content (AvgIpc) is 3.24. The van der Waals surface area contributed by atoms with Gasteiger partial charge in [0.05, 0.1) is 12.2 Å². The second kappa shape index (κ2) is 6.73. The van der Waals surface area contributed by atoms with Crippen molar-refractivity contribution in [2.75, 3.05) is 4.90 Å². The number of carbonyl (C=O) groups is 1. The zero-order valence-corrected chi connectivity index (χ0v) is 17.5. The largest absolute Gasteiger partial charge is 0.372 e. The van der Waals surface area contributed by atoms with Crippen LogP contribution in [0.3, 0.4) is 0 Å². The number of aromatic nitrogens is 1. The van der Waals surface area contributed by atoms with Gasteiger partial charge in [0.15, 0.2) is 5.60 Å². The maximum atomic E-state index is 13.7. The van der Waals surface area contributed by atoms with E-state index in [9.17, 15) is 9.90 Å². The zero-order chi connectivity index (χ0) is 20.2. The minimum absolute atomic E-state index is 0.276. The lowest BCUT2D eigenvalue weighted by atomic mass is 9.87. The fraction of sp³-hybridized carbons (Fsp3) is 0.0870. The van der Waals surface area contributed by atoms with E-state index in [1.54, 1.807) is 17.2 Å². The monoisotopic (exact) mass is 466 g/mol. The lowest BCUT2D eigenvalue weighted by Gasteiger charge is -2.23. The lowest BCUT2D eigenvalue weighted by molar-refractivity contribution is -0.132. The number of benzene rings is 3. The molecule has 1 amide bonds. The van der Waals surface area contributed by atoms with E-state index in [-0.39, 0.29) is 6.54 Å². The molecule has 1 aliphatic heterocycles. The van der Waals surface area contributed by atoms with Crippen molar-refractivity contribution >= 4 is 50.0 Å². The maximum absolute atomic E-state index is 13.7. The number of fused-ring (bicyclic) bond motifs is 2. The third-order valence-electron chi connectivity index (χ3n) is 5.46. The number of anilines is 1. The fourth-order valence-electron chi connectivity index (χ4n) is 4.04. The Morgan fingerprint density at radius 3 is 2.62 bits per heavy atom. The van der Waals surface area contributed by atoms with Crippen LogP contribution in [0.1, 0.15) is 16.7 Å². The Hall–Kier alpha value is -2.60. The maximum Gasteiger partial charge on any atom is 0.268 e. The molecule has 1 aromatic heterocycles. The van der Waals surface area contributed by atoms with E-state index in [4.69, 9.17) is 11.6 Å². The molecule has 5 rings (SSSR count). The smallest absolute Gasteiger partial charge is 0.268 e. The van der Waals surface area contributed by atoms with Gasteiger partial charge < -0.3 is 15.0 Å². The number of rotatable bonds is 3. The molecule has 0 fully saturated rings. The van der Waals surface area contributed by atoms with E-state index < -0.39 is 11.5 Å². The molecule has 4 nitrogen and oxygen atoms in total. The highest BCUT2D eigenvalue weighted by molar-refractivity contribution is 9.10. The fourth-order valence-corrected chi connectivity index (χ4v) is 4.60. The van der Waals surface area contributed by atoms with E-state index in [0.717, 1.165) is 20.9 Å². The Morgan fingerprint density at radius 1 is 1.03 bits per heavy atom. The zero-order valence-electron chi connectivity index (χ0n) is 15.2. The third-order valence-corrected chi connectivity index (χ3v) is 6.32. The van der Waals surface area contributed by atoms with Gasteiger partial charge in [-0.2, -0.15) is 0 Å². The SMILES string of the molecule is O=C1N(Cc2ccccc2Cl)c2ccc(Br)cc2[C@@]1(O)c1c[nH]c2ccccc12. The number of hydrogen-bond acceptors (Lipinski definition) is 2. The highest BCUT2D eigenvalue weighted by atomic mass is 79.9. The van der Waals surface area contributed by atoms with Gasteiger partial charge in [0.25, 0.3) is 5.91 Å². The lowest BCUT2D eigenvalue weighted by Crippen LogP contribution is -2.40. The normalized spacial score (nSPS) is 18.4. The molecule has 0 radical (unpaired) electrons. The quantitative estimate of drug-likeness (QED) is 0.426. The highest BCUT2D eigenvalue weighted by Gasteiger charge is 2.52. The molecule has 0 bridgehead atoms. The van der Waals surface area contributed by atoms with Crippen molar-refractivity contribution in [2.24, 2.45) is 0 Å². The van der Waals surface area contributed by atoms with Gasteiger partial charge in [-0.15, -0.1) is 0 Å². The molecule has 6 heteroatoms. The molecule has 3 aromatic carbocycles. The predicted molar refractivity (Wildman–Crippen MR) is 118 cm³/mol. The number of amides is 1. The first-order valence-corrected chi connectivity index (χ1v) is 10.3. The second-order valence-corrected chi connectivity index (χ2v) is 8.43. The molecule has 2 N–H and O–H groups in total. The van der Waals surface area contributed by atoms with Gasteiger partial charge in [-0.25, -0.2) is 0 Å². The van der Waals surface area contributed by atoms with Crippen LogP contribution >= 0.6 is 27.5 Å². The summed E-state index contributed by atoms with van der Waals surface area (Å²) in [6.45, 7) is 0.276. The number of H-pyrrole nitrogens is 1. The first-order valence-electron chi connectivity index (χ1n) is 9.14. The van der Waals surface area contributed by atoms with Gasteiger partial charge in [0, 0.05) is 37.7 Å². The van der Waals surface area contributed by atoms with Gasteiger partial charge in [0.1, 0.15) is 0 Å². The van der Waals surface area contributed by atoms with Gasteiger partial charge >= 0.3 is 0 Å². The van der Waals surface area contributed by atoms with Crippen molar-refractivity contribution in [3.63, 3.8) is 0 Å². The molecular formula is C23H16BrClN2O2. The highest BCUT2D eigenvalue weighted by Crippen LogP contribution is 2.47. The molecule has 144 valence electrons. The molecule has 0 saturated carbocycles. The van der Waals surface area contributed by atoms with Gasteiger partial charge in [-0.1, -0.05) is 63.9 Å². The summed E-state index contributed by atoms with van der Waals surface area (Å²) in [4.78, 5) is 18.4. The van der Waals surface area contributed by atoms with Crippen molar-refractivity contribution in [3.05, 3.63) is 99.1 Å². The van der Waals surface area contributed by atoms with Crippen molar-refractivity contribution in [2.45, 2.75) is 12.1 Å². The topological polar surface area (TPSA) is 56.3 Å². The summed E-state index contributed by atoms with van der Waals surface area (Å²) in [6, 6.07) is 20.6. The van der Waals surface area contributed by atoms with Crippen molar-refractivity contribution in [1.29, 1.82) is 0 Å². The minimum atomic E-state index is -1.79. The molecule has 0 spiro atoms. The molecule has 0 aliphatic carbocycles. The van der Waals surface area contributed by atoms with E-state index in [1.807, 2.05) is 60.7 Å². The average molecular weight is 468 g/mol. The van der Waals surface area contributed by atoms with Crippen LogP contribution in [0.15, 0.2) is 77.4 Å². The van der Waals surface area contributed by atoms with E-state index in [1.165, 1.54) is 0 Å². The molecule has 0 unspecified atom stereocenters. The molecule has 1 aliphatic rings. The van der Waals surface area contributed by atoms with Gasteiger partial charge in [-0.05, 0) is 35.9 Å². The molecular weight excluding hydrogens is 452 g/mol. The Kier molecular flexibility index (Phi) is 4.28. The molecule has 29 heavy (non-hydrogen) atoms. The van der Waals surface area contributed by atoms with Crippen LogP contribution < -0.4 is 4.90 Å². The summed E-state index contributed by atoms with van der Waals surface area (Å²) < 4.78 is 0.793. The van der Waals surface area contributed by atoms with Crippen LogP contribution in [0, 0.1) is 0 Å². The van der Waals surface area contributed by atoms with E-state index >= 15 is 0 Å². The Balaban J connectivity index is 1.70. The number of nitrogens with one attached hydrogen (secondary N) is 1. The van der Waals surface area contributed by atoms with Crippen LogP contribution in [0.25, 0.3) is 10.9 Å². The Labute approximate surface area is 180 Å². The van der Waals surface area contributed by atoms with Crippen LogP contribution in [-0.4, -0.2) is 16.0 Å². The summed E-state index contributed by atoms with van der Waals surface area (Å²) in [7, 11) is 0. The van der Waals surface area contributed by atoms with E-state index in [2.05, 4.69) is 20.9 Å². The first-order chi connectivity index (χ1) is 14.0. The summed E-state index contributed by atoms with van der Waals surface area (Å²) in [5.74, 6) is -0.393. The van der Waals surface area contributed by atoms with Crippen molar-refractivity contribution < 1.29 is 9.90 Å². The number of halogens is 2. The molecule has 0 saturated heterocycles. The van der Waals surface area contributed by atoms with Crippen LogP contribution in [0.2, 0.25) is 5.02 Å². The number of aromatic amines is 1. The van der Waals surface area contributed by atoms with Crippen LogP contribution in [0.5, 0.6) is 0 Å². The number of hydrogen-bond donors (Lipinski definition) is 2. The summed E-state index contributed by atoms with van der Waals surface area (Å²) in [6.07, 6.45) is 1.71. The summed E-state index contributed by atoms with van der Waals surface area (Å²) >= 11 is 9.82. The number of nitrogens with zero attached hydrogens (tertiary/aromatic N) is 1. The molecule has 1 atom stereocenters. The second-order valence-electron chi connectivity index (χ2n) is 7.10.